The fourth-order valence-corrected chi connectivity index (χ4v) is 2.96. The topological polar surface area (TPSA) is 54.2 Å². The molecule has 1 aliphatic rings. The Bertz CT molecular complexity index is 823. The zero-order valence-corrected chi connectivity index (χ0v) is 12.7. The van der Waals surface area contributed by atoms with Crippen LogP contribution in [0.1, 0.15) is 24.6 Å². The van der Waals surface area contributed by atoms with Crippen molar-refractivity contribution in [1.82, 2.24) is 19.9 Å². The predicted octanol–water partition coefficient (Wildman–Crippen LogP) is 3.08. The first-order chi connectivity index (χ1) is 11.3. The van der Waals surface area contributed by atoms with Crippen LogP contribution in [0.25, 0.3) is 5.65 Å². The maximum Gasteiger partial charge on any atom is 0.155 e. The van der Waals surface area contributed by atoms with Gasteiger partial charge in [0, 0.05) is 11.6 Å². The summed E-state index contributed by atoms with van der Waals surface area (Å²) >= 11 is 0. The number of fused-ring (bicyclic) bond motifs is 1. The third kappa shape index (κ3) is 3.03. The van der Waals surface area contributed by atoms with Gasteiger partial charge in [-0.2, -0.15) is 5.10 Å². The van der Waals surface area contributed by atoms with Crippen LogP contribution in [-0.4, -0.2) is 27.7 Å². The second kappa shape index (κ2) is 5.96. The van der Waals surface area contributed by atoms with Crippen LogP contribution in [0.4, 0.5) is 15.8 Å². The first-order valence-corrected chi connectivity index (χ1v) is 7.87. The molecule has 1 aromatic carbocycles. The van der Waals surface area contributed by atoms with Gasteiger partial charge in [-0.05, 0) is 56.3 Å². The van der Waals surface area contributed by atoms with Gasteiger partial charge in [0.05, 0.1) is 11.9 Å². The van der Waals surface area contributed by atoms with E-state index in [4.69, 9.17) is 0 Å². The summed E-state index contributed by atoms with van der Waals surface area (Å²) in [6.07, 6.45) is 4.04. The Morgan fingerprint density at radius 2 is 2.00 bits per heavy atom. The van der Waals surface area contributed by atoms with Crippen molar-refractivity contribution in [3.05, 3.63) is 54.2 Å². The highest BCUT2D eigenvalue weighted by molar-refractivity contribution is 5.60. The fraction of sp³-hybridized carbons (Fsp3) is 0.294. The number of nitrogens with zero attached hydrogens (tertiary/aromatic N) is 3. The Labute approximate surface area is 133 Å². The summed E-state index contributed by atoms with van der Waals surface area (Å²) in [7, 11) is 0. The Hall–Kier alpha value is -2.47. The van der Waals surface area contributed by atoms with E-state index in [-0.39, 0.29) is 5.82 Å². The number of benzene rings is 1. The van der Waals surface area contributed by atoms with Crippen LogP contribution in [0.3, 0.4) is 0 Å². The van der Waals surface area contributed by atoms with E-state index in [2.05, 4.69) is 20.7 Å². The van der Waals surface area contributed by atoms with E-state index < -0.39 is 0 Å². The molecule has 2 N–H and O–H groups in total. The Kier molecular flexibility index (Phi) is 3.67. The maximum absolute atomic E-state index is 13.3. The first-order valence-electron chi connectivity index (χ1n) is 7.87. The molecule has 0 amide bonds. The van der Waals surface area contributed by atoms with Gasteiger partial charge < -0.3 is 10.6 Å². The molecule has 0 saturated carbocycles. The third-order valence-electron chi connectivity index (χ3n) is 4.16. The summed E-state index contributed by atoms with van der Waals surface area (Å²) in [6.45, 7) is 2.04. The number of aromatic nitrogens is 3. The van der Waals surface area contributed by atoms with Crippen molar-refractivity contribution in [3.8, 4) is 0 Å². The van der Waals surface area contributed by atoms with Crippen LogP contribution < -0.4 is 10.6 Å². The van der Waals surface area contributed by atoms with Gasteiger partial charge in [0.15, 0.2) is 11.5 Å². The third-order valence-corrected chi connectivity index (χ3v) is 4.16. The van der Waals surface area contributed by atoms with Gasteiger partial charge in [-0.15, -0.1) is 0 Å². The molecule has 6 heteroatoms. The van der Waals surface area contributed by atoms with Crippen LogP contribution >= 0.6 is 0 Å². The molecule has 1 saturated heterocycles. The fourth-order valence-electron chi connectivity index (χ4n) is 2.96. The van der Waals surface area contributed by atoms with E-state index in [9.17, 15) is 4.39 Å². The van der Waals surface area contributed by atoms with Gasteiger partial charge in [0.25, 0.3) is 0 Å². The van der Waals surface area contributed by atoms with Crippen LogP contribution in [-0.2, 0) is 0 Å². The summed E-state index contributed by atoms with van der Waals surface area (Å²) in [5.74, 6) is 1.08. The number of rotatable bonds is 3. The van der Waals surface area contributed by atoms with E-state index in [0.29, 0.717) is 11.6 Å². The smallest absolute Gasteiger partial charge is 0.155 e. The minimum absolute atomic E-state index is 0.259. The number of pyridine rings is 1. The molecular weight excluding hydrogens is 293 g/mol. The van der Waals surface area contributed by atoms with E-state index in [0.717, 1.165) is 43.1 Å². The number of hydrogen-bond acceptors (Lipinski definition) is 4. The molecule has 5 nitrogen and oxygen atoms in total. The van der Waals surface area contributed by atoms with Crippen LogP contribution in [0.15, 0.2) is 42.6 Å². The predicted molar refractivity (Wildman–Crippen MR) is 87.5 cm³/mol. The highest BCUT2D eigenvalue weighted by Gasteiger charge is 2.19. The molecule has 0 spiro atoms. The zero-order chi connectivity index (χ0) is 15.6. The molecule has 1 aliphatic heterocycles. The largest absolute Gasteiger partial charge is 0.354 e. The molecule has 4 rings (SSSR count). The lowest BCUT2D eigenvalue weighted by molar-refractivity contribution is 0.445. The highest BCUT2D eigenvalue weighted by Crippen LogP contribution is 2.24. The van der Waals surface area contributed by atoms with E-state index >= 15 is 0 Å². The summed E-state index contributed by atoms with van der Waals surface area (Å²) < 4.78 is 15.1. The molecule has 1 fully saturated rings. The van der Waals surface area contributed by atoms with Gasteiger partial charge in [-0.25, -0.2) is 13.9 Å². The summed E-state index contributed by atoms with van der Waals surface area (Å²) in [4.78, 5) is 4.63. The standard InChI is InChI=1S/C17H18FN5/c18-13-2-1-3-14(10-13)20-15-4-5-16-21-17(22-23(16)11-15)12-6-8-19-9-7-12/h1-5,10-12,19-20H,6-9H2. The average Bonchev–Trinajstić information content (AvgIpc) is 2.99. The Balaban J connectivity index is 1.60. The molecule has 3 aromatic rings. The highest BCUT2D eigenvalue weighted by atomic mass is 19.1. The summed E-state index contributed by atoms with van der Waals surface area (Å²) in [5, 5.41) is 11.2. The second-order valence-electron chi connectivity index (χ2n) is 5.85. The number of hydrogen-bond donors (Lipinski definition) is 2. The van der Waals surface area contributed by atoms with Crippen LogP contribution in [0.5, 0.6) is 0 Å². The van der Waals surface area contributed by atoms with Gasteiger partial charge in [-0.3, -0.25) is 0 Å². The van der Waals surface area contributed by atoms with Gasteiger partial charge in [0.2, 0.25) is 0 Å². The van der Waals surface area contributed by atoms with E-state index in [1.165, 1.54) is 12.1 Å². The molecule has 118 valence electrons. The maximum atomic E-state index is 13.3. The van der Waals surface area contributed by atoms with Crippen molar-refractivity contribution in [2.45, 2.75) is 18.8 Å². The molecule has 3 heterocycles. The lowest BCUT2D eigenvalue weighted by Crippen LogP contribution is -2.27. The van der Waals surface area contributed by atoms with Crippen molar-refractivity contribution in [2.75, 3.05) is 18.4 Å². The second-order valence-corrected chi connectivity index (χ2v) is 5.85. The summed E-state index contributed by atoms with van der Waals surface area (Å²) in [5.41, 5.74) is 2.40. The van der Waals surface area contributed by atoms with Gasteiger partial charge in [0.1, 0.15) is 5.82 Å². The number of piperidine rings is 1. The average molecular weight is 311 g/mol. The molecular formula is C17H18FN5. The van der Waals surface area contributed by atoms with Crippen molar-refractivity contribution in [2.24, 2.45) is 0 Å². The minimum atomic E-state index is -0.259. The lowest BCUT2D eigenvalue weighted by Gasteiger charge is -2.19. The number of halogens is 1. The summed E-state index contributed by atoms with van der Waals surface area (Å²) in [6, 6.07) is 10.3. The van der Waals surface area contributed by atoms with Crippen LogP contribution in [0.2, 0.25) is 0 Å². The Morgan fingerprint density at radius 3 is 2.83 bits per heavy atom. The lowest BCUT2D eigenvalue weighted by atomic mass is 9.98. The van der Waals surface area contributed by atoms with Crippen LogP contribution in [0, 0.1) is 5.82 Å². The molecule has 0 bridgehead atoms. The molecule has 0 unspecified atom stereocenters. The first kappa shape index (κ1) is 14.1. The molecule has 23 heavy (non-hydrogen) atoms. The molecule has 0 aliphatic carbocycles. The molecule has 0 atom stereocenters. The molecule has 0 radical (unpaired) electrons. The normalized spacial score (nSPS) is 15.9. The van der Waals surface area contributed by atoms with Gasteiger partial charge in [-0.1, -0.05) is 6.07 Å². The quantitative estimate of drug-likeness (QED) is 0.780. The number of nitrogens with one attached hydrogen (secondary N) is 2. The zero-order valence-electron chi connectivity index (χ0n) is 12.7. The Morgan fingerprint density at radius 1 is 1.13 bits per heavy atom. The van der Waals surface area contributed by atoms with E-state index in [1.54, 1.807) is 10.6 Å². The monoisotopic (exact) mass is 311 g/mol. The SMILES string of the molecule is Fc1cccc(Nc2ccc3nc(C4CCNCC4)nn3c2)c1. The van der Waals surface area contributed by atoms with Crippen molar-refractivity contribution in [1.29, 1.82) is 0 Å². The van der Waals surface area contributed by atoms with Crippen molar-refractivity contribution >= 4 is 17.0 Å². The number of anilines is 2. The molecule has 2 aromatic heterocycles. The van der Waals surface area contributed by atoms with Crippen molar-refractivity contribution in [3.63, 3.8) is 0 Å². The van der Waals surface area contributed by atoms with Gasteiger partial charge >= 0.3 is 0 Å². The van der Waals surface area contributed by atoms with Crippen molar-refractivity contribution < 1.29 is 4.39 Å². The minimum Gasteiger partial charge on any atom is -0.354 e. The van der Waals surface area contributed by atoms with E-state index in [1.807, 2.05) is 24.4 Å².